The number of hydrogen-bond donors (Lipinski definition) is 3. The number of amides is 1. The molecule has 1 rings (SSSR count). The Morgan fingerprint density at radius 1 is 1.53 bits per heavy atom. The smallest absolute Gasteiger partial charge is 0.308 e. The minimum absolute atomic E-state index is 0.136. The zero-order chi connectivity index (χ0) is 12.8. The Labute approximate surface area is 99.4 Å². The van der Waals surface area contributed by atoms with Gasteiger partial charge in [0.2, 0.25) is 0 Å². The zero-order valence-corrected chi connectivity index (χ0v) is 9.93. The maximum atomic E-state index is 11.6. The predicted octanol–water partition coefficient (Wildman–Crippen LogP) is 0.886. The van der Waals surface area contributed by atoms with E-state index in [0.29, 0.717) is 12.0 Å². The molecule has 1 atom stereocenters. The van der Waals surface area contributed by atoms with E-state index >= 15 is 0 Å². The molecular formula is C11H17N3O3. The van der Waals surface area contributed by atoms with E-state index in [4.69, 9.17) is 5.11 Å². The van der Waals surface area contributed by atoms with Gasteiger partial charge in [0.1, 0.15) is 0 Å². The number of aromatic amines is 1. The molecule has 1 heterocycles. The van der Waals surface area contributed by atoms with Crippen LogP contribution in [0.4, 0.5) is 0 Å². The van der Waals surface area contributed by atoms with Crippen LogP contribution in [-0.4, -0.2) is 33.7 Å². The Morgan fingerprint density at radius 2 is 2.24 bits per heavy atom. The van der Waals surface area contributed by atoms with Crippen LogP contribution >= 0.6 is 0 Å². The first kappa shape index (κ1) is 13.2. The number of aliphatic carboxylic acids is 1. The van der Waals surface area contributed by atoms with Gasteiger partial charge in [0.05, 0.1) is 17.7 Å². The molecule has 1 aromatic rings. The van der Waals surface area contributed by atoms with E-state index in [1.54, 1.807) is 0 Å². The molecule has 3 N–H and O–H groups in total. The van der Waals surface area contributed by atoms with E-state index < -0.39 is 11.9 Å². The number of carbonyl (C=O) groups is 2. The number of H-pyrrole nitrogens is 1. The van der Waals surface area contributed by atoms with E-state index in [1.807, 2.05) is 13.8 Å². The summed E-state index contributed by atoms with van der Waals surface area (Å²) in [7, 11) is 0. The van der Waals surface area contributed by atoms with Crippen LogP contribution in [-0.2, 0) is 4.79 Å². The fourth-order valence-electron chi connectivity index (χ4n) is 1.53. The lowest BCUT2D eigenvalue weighted by atomic mass is 9.97. The van der Waals surface area contributed by atoms with Gasteiger partial charge in [-0.2, -0.15) is 5.10 Å². The second kappa shape index (κ2) is 6.03. The topological polar surface area (TPSA) is 95.1 Å². The molecule has 0 saturated heterocycles. The van der Waals surface area contributed by atoms with Crippen molar-refractivity contribution in [2.75, 3.05) is 6.54 Å². The molecule has 1 aromatic heterocycles. The molecule has 0 aliphatic heterocycles. The zero-order valence-electron chi connectivity index (χ0n) is 9.93. The van der Waals surface area contributed by atoms with E-state index in [1.165, 1.54) is 12.4 Å². The Morgan fingerprint density at radius 3 is 2.71 bits per heavy atom. The van der Waals surface area contributed by atoms with Crippen molar-refractivity contribution in [3.8, 4) is 0 Å². The summed E-state index contributed by atoms with van der Waals surface area (Å²) in [5.41, 5.74) is 0.402. The lowest BCUT2D eigenvalue weighted by molar-refractivity contribution is -0.142. The highest BCUT2D eigenvalue weighted by Gasteiger charge is 2.20. The van der Waals surface area contributed by atoms with Gasteiger partial charge in [-0.3, -0.25) is 14.7 Å². The van der Waals surface area contributed by atoms with Crippen LogP contribution in [0.5, 0.6) is 0 Å². The summed E-state index contributed by atoms with van der Waals surface area (Å²) in [6.07, 6.45) is 3.40. The van der Waals surface area contributed by atoms with Gasteiger partial charge in [-0.1, -0.05) is 13.8 Å². The first-order chi connectivity index (χ1) is 8.00. The Bertz CT molecular complexity index is 373. The lowest BCUT2D eigenvalue weighted by Gasteiger charge is -2.14. The van der Waals surface area contributed by atoms with Gasteiger partial charge in [-0.05, 0) is 12.3 Å². The number of nitrogens with one attached hydrogen (secondary N) is 2. The summed E-state index contributed by atoms with van der Waals surface area (Å²) >= 11 is 0. The average molecular weight is 239 g/mol. The van der Waals surface area contributed by atoms with E-state index in [9.17, 15) is 9.59 Å². The summed E-state index contributed by atoms with van der Waals surface area (Å²) < 4.78 is 0. The molecule has 6 heteroatoms. The third-order valence-corrected chi connectivity index (χ3v) is 2.37. The Kier molecular flexibility index (Phi) is 4.68. The molecule has 1 amide bonds. The highest BCUT2D eigenvalue weighted by molar-refractivity contribution is 5.93. The van der Waals surface area contributed by atoms with Crippen molar-refractivity contribution in [1.29, 1.82) is 0 Å². The number of rotatable bonds is 6. The number of carboxylic acid groups (broad SMARTS) is 1. The summed E-state index contributed by atoms with van der Waals surface area (Å²) in [6.45, 7) is 4.04. The highest BCUT2D eigenvalue weighted by Crippen LogP contribution is 2.11. The largest absolute Gasteiger partial charge is 0.481 e. The standard InChI is InChI=1S/C11H17N3O3/c1-7(2)3-8(11(16)17)4-12-10(15)9-5-13-14-6-9/h5-8H,3-4H2,1-2H3,(H,12,15)(H,13,14)(H,16,17). The normalized spacial score (nSPS) is 12.4. The van der Waals surface area contributed by atoms with Gasteiger partial charge in [-0.15, -0.1) is 0 Å². The molecule has 0 radical (unpaired) electrons. The third kappa shape index (κ3) is 4.26. The number of nitrogens with zero attached hydrogens (tertiary/aromatic N) is 1. The summed E-state index contributed by atoms with van der Waals surface area (Å²) in [5.74, 6) is -1.47. The fraction of sp³-hybridized carbons (Fsp3) is 0.545. The van der Waals surface area contributed by atoms with Crippen molar-refractivity contribution < 1.29 is 14.7 Å². The Hall–Kier alpha value is -1.85. The number of aromatic nitrogens is 2. The SMILES string of the molecule is CC(C)CC(CNC(=O)c1cn[nH]c1)C(=O)O. The predicted molar refractivity (Wildman–Crippen MR) is 61.5 cm³/mol. The van der Waals surface area contributed by atoms with Crippen molar-refractivity contribution in [1.82, 2.24) is 15.5 Å². The number of hydrogen-bond acceptors (Lipinski definition) is 3. The maximum absolute atomic E-state index is 11.6. The van der Waals surface area contributed by atoms with Gasteiger partial charge in [0.15, 0.2) is 0 Å². The molecule has 0 bridgehead atoms. The lowest BCUT2D eigenvalue weighted by Crippen LogP contribution is -2.33. The molecule has 0 spiro atoms. The van der Waals surface area contributed by atoms with Crippen molar-refractivity contribution in [2.45, 2.75) is 20.3 Å². The van der Waals surface area contributed by atoms with Crippen LogP contribution in [0, 0.1) is 11.8 Å². The van der Waals surface area contributed by atoms with Crippen LogP contribution in [0.25, 0.3) is 0 Å². The molecule has 1 unspecified atom stereocenters. The van der Waals surface area contributed by atoms with Crippen LogP contribution in [0.2, 0.25) is 0 Å². The van der Waals surface area contributed by atoms with Gasteiger partial charge in [-0.25, -0.2) is 0 Å². The van der Waals surface area contributed by atoms with Gasteiger partial charge in [0.25, 0.3) is 5.91 Å². The van der Waals surface area contributed by atoms with Crippen molar-refractivity contribution in [3.63, 3.8) is 0 Å². The number of carbonyl (C=O) groups excluding carboxylic acids is 1. The molecular weight excluding hydrogens is 222 g/mol. The molecule has 0 fully saturated rings. The minimum atomic E-state index is -0.883. The Balaban J connectivity index is 2.47. The fourth-order valence-corrected chi connectivity index (χ4v) is 1.53. The van der Waals surface area contributed by atoms with E-state index in [-0.39, 0.29) is 18.4 Å². The van der Waals surface area contributed by atoms with Crippen LogP contribution in [0.15, 0.2) is 12.4 Å². The molecule has 6 nitrogen and oxygen atoms in total. The molecule has 17 heavy (non-hydrogen) atoms. The monoisotopic (exact) mass is 239 g/mol. The third-order valence-electron chi connectivity index (χ3n) is 2.37. The van der Waals surface area contributed by atoms with Crippen molar-refractivity contribution in [3.05, 3.63) is 18.0 Å². The molecule has 0 saturated carbocycles. The summed E-state index contributed by atoms with van der Waals surface area (Å²) in [5, 5.41) is 17.8. The van der Waals surface area contributed by atoms with Gasteiger partial charge < -0.3 is 10.4 Å². The molecule has 94 valence electrons. The maximum Gasteiger partial charge on any atom is 0.308 e. The molecule has 0 aliphatic carbocycles. The van der Waals surface area contributed by atoms with Crippen molar-refractivity contribution in [2.24, 2.45) is 11.8 Å². The molecule has 0 aliphatic rings. The van der Waals surface area contributed by atoms with Crippen molar-refractivity contribution >= 4 is 11.9 Å². The summed E-state index contributed by atoms with van der Waals surface area (Å²) in [4.78, 5) is 22.5. The van der Waals surface area contributed by atoms with Gasteiger partial charge in [0, 0.05) is 12.7 Å². The second-order valence-electron chi connectivity index (χ2n) is 4.36. The van der Waals surface area contributed by atoms with Crippen LogP contribution in [0.1, 0.15) is 30.6 Å². The first-order valence-corrected chi connectivity index (χ1v) is 5.50. The quantitative estimate of drug-likeness (QED) is 0.687. The highest BCUT2D eigenvalue weighted by atomic mass is 16.4. The number of carboxylic acids is 1. The minimum Gasteiger partial charge on any atom is -0.481 e. The molecule has 0 aromatic carbocycles. The average Bonchev–Trinajstić information content (AvgIpc) is 2.76. The van der Waals surface area contributed by atoms with E-state index in [2.05, 4.69) is 15.5 Å². The first-order valence-electron chi connectivity index (χ1n) is 5.50. The van der Waals surface area contributed by atoms with Gasteiger partial charge >= 0.3 is 5.97 Å². The van der Waals surface area contributed by atoms with Crippen LogP contribution < -0.4 is 5.32 Å². The van der Waals surface area contributed by atoms with Crippen LogP contribution in [0.3, 0.4) is 0 Å². The summed E-state index contributed by atoms with van der Waals surface area (Å²) in [6, 6.07) is 0. The van der Waals surface area contributed by atoms with E-state index in [0.717, 1.165) is 0 Å². The second-order valence-corrected chi connectivity index (χ2v) is 4.36.